The Morgan fingerprint density at radius 2 is 1.63 bits per heavy atom. The maximum atomic E-state index is 11.4. The zero-order valence-corrected chi connectivity index (χ0v) is 10.5. The van der Waals surface area contributed by atoms with Crippen molar-refractivity contribution in [3.63, 3.8) is 0 Å². The smallest absolute Gasteiger partial charge is 0.321 e. The predicted octanol–water partition coefficient (Wildman–Crippen LogP) is -2.13. The molecule has 0 radical (unpaired) electrons. The maximum absolute atomic E-state index is 11.4. The summed E-state index contributed by atoms with van der Waals surface area (Å²) in [5, 5.41) is 10.6. The van der Waals surface area contributed by atoms with Gasteiger partial charge in [0.1, 0.15) is 0 Å². The van der Waals surface area contributed by atoms with Crippen LogP contribution in [0.1, 0.15) is 6.42 Å². The van der Waals surface area contributed by atoms with E-state index in [1.807, 2.05) is 0 Å². The Balaban J connectivity index is 4.47. The summed E-state index contributed by atoms with van der Waals surface area (Å²) >= 11 is 0. The van der Waals surface area contributed by atoms with Crippen LogP contribution >= 0.6 is 0 Å². The van der Waals surface area contributed by atoms with Crippen LogP contribution < -0.4 is 11.1 Å². The summed E-state index contributed by atoms with van der Waals surface area (Å²) in [4.78, 5) is 44.3. The van der Waals surface area contributed by atoms with Crippen LogP contribution in [0.4, 0.5) is 0 Å². The summed E-state index contributed by atoms with van der Waals surface area (Å²) in [5.74, 6) is -5.10. The second-order valence-corrected chi connectivity index (χ2v) is 3.55. The van der Waals surface area contributed by atoms with Crippen LogP contribution in [0.2, 0.25) is 0 Å². The first kappa shape index (κ1) is 16.8. The monoisotopic (exact) mass is 276 g/mol. The Morgan fingerprint density at radius 3 is 2.00 bits per heavy atom. The van der Waals surface area contributed by atoms with Crippen molar-refractivity contribution < 1.29 is 33.8 Å². The van der Waals surface area contributed by atoms with Gasteiger partial charge in [0.2, 0.25) is 5.91 Å². The number of carbonyl (C=O) groups is 4. The van der Waals surface area contributed by atoms with E-state index in [9.17, 15) is 19.2 Å². The molecule has 4 N–H and O–H groups in total. The Labute approximate surface area is 109 Å². The van der Waals surface area contributed by atoms with Gasteiger partial charge in [0.25, 0.3) is 0 Å². The van der Waals surface area contributed by atoms with E-state index in [0.29, 0.717) is 0 Å². The van der Waals surface area contributed by atoms with Crippen molar-refractivity contribution in [3.05, 3.63) is 0 Å². The van der Waals surface area contributed by atoms with Gasteiger partial charge in [0, 0.05) is 6.54 Å². The fourth-order valence-electron chi connectivity index (χ4n) is 1.16. The quantitative estimate of drug-likeness (QED) is 0.353. The molecule has 0 aromatic heterocycles. The molecule has 0 saturated heterocycles. The van der Waals surface area contributed by atoms with Crippen LogP contribution in [0.3, 0.4) is 0 Å². The molecule has 19 heavy (non-hydrogen) atoms. The molecule has 1 amide bonds. The molecule has 0 aliphatic carbocycles. The third-order valence-corrected chi connectivity index (χ3v) is 2.18. The average Bonchev–Trinajstić information content (AvgIpc) is 2.36. The lowest BCUT2D eigenvalue weighted by molar-refractivity contribution is -0.158. The second-order valence-electron chi connectivity index (χ2n) is 3.55. The fourth-order valence-corrected chi connectivity index (χ4v) is 1.16. The number of carbonyl (C=O) groups excluding carboxylic acids is 3. The van der Waals surface area contributed by atoms with E-state index in [1.54, 1.807) is 0 Å². The van der Waals surface area contributed by atoms with Gasteiger partial charge in [0.05, 0.1) is 26.7 Å². The average molecular weight is 276 g/mol. The number of hydrogen-bond donors (Lipinski definition) is 3. The third kappa shape index (κ3) is 5.82. The second kappa shape index (κ2) is 8.03. The molecule has 108 valence electrons. The van der Waals surface area contributed by atoms with E-state index in [-0.39, 0.29) is 6.54 Å². The zero-order chi connectivity index (χ0) is 15.0. The number of amides is 1. The van der Waals surface area contributed by atoms with E-state index >= 15 is 0 Å². The Bertz CT molecular complexity index is 353. The molecule has 0 rings (SSSR count). The molecule has 0 heterocycles. The van der Waals surface area contributed by atoms with Crippen molar-refractivity contribution in [1.82, 2.24) is 5.32 Å². The number of nitrogens with one attached hydrogen (secondary N) is 1. The van der Waals surface area contributed by atoms with Crippen molar-refractivity contribution in [1.29, 1.82) is 0 Å². The van der Waals surface area contributed by atoms with Crippen molar-refractivity contribution in [2.24, 2.45) is 11.7 Å². The molecule has 0 aliphatic heterocycles. The minimum atomic E-state index is -1.32. The highest BCUT2D eigenvalue weighted by Crippen LogP contribution is 2.01. The first-order valence-electron chi connectivity index (χ1n) is 5.24. The van der Waals surface area contributed by atoms with Crippen LogP contribution in [0.15, 0.2) is 0 Å². The predicted molar refractivity (Wildman–Crippen MR) is 60.8 cm³/mol. The van der Waals surface area contributed by atoms with Gasteiger partial charge in [-0.05, 0) is 0 Å². The molecule has 0 aromatic carbocycles. The SMILES string of the molecule is COC(=O)C(CNC(=O)[C@H](N)CC(=O)O)C(=O)OC. The first-order chi connectivity index (χ1) is 8.83. The highest BCUT2D eigenvalue weighted by atomic mass is 16.5. The topological polar surface area (TPSA) is 145 Å². The molecular formula is C10H16N2O7. The molecule has 9 heteroatoms. The number of methoxy groups -OCH3 is 2. The number of aliphatic carboxylic acids is 1. The fraction of sp³-hybridized carbons (Fsp3) is 0.600. The van der Waals surface area contributed by atoms with Gasteiger partial charge in [-0.25, -0.2) is 0 Å². The largest absolute Gasteiger partial charge is 0.481 e. The van der Waals surface area contributed by atoms with E-state index in [4.69, 9.17) is 10.8 Å². The van der Waals surface area contributed by atoms with Crippen LogP contribution in [0.25, 0.3) is 0 Å². The summed E-state index contributed by atoms with van der Waals surface area (Å²) in [6.07, 6.45) is -0.563. The molecule has 9 nitrogen and oxygen atoms in total. The number of ether oxygens (including phenoxy) is 2. The maximum Gasteiger partial charge on any atom is 0.321 e. The molecular weight excluding hydrogens is 260 g/mol. The summed E-state index contributed by atoms with van der Waals surface area (Å²) in [7, 11) is 2.16. The van der Waals surface area contributed by atoms with Gasteiger partial charge >= 0.3 is 17.9 Å². The molecule has 0 spiro atoms. The van der Waals surface area contributed by atoms with Gasteiger partial charge in [-0.1, -0.05) is 0 Å². The Hall–Kier alpha value is -2.16. The Morgan fingerprint density at radius 1 is 1.16 bits per heavy atom. The van der Waals surface area contributed by atoms with Gasteiger partial charge in [-0.3, -0.25) is 19.2 Å². The number of carboxylic acids is 1. The molecule has 0 unspecified atom stereocenters. The van der Waals surface area contributed by atoms with Gasteiger partial charge in [-0.2, -0.15) is 0 Å². The van der Waals surface area contributed by atoms with Crippen LogP contribution in [-0.2, 0) is 28.7 Å². The highest BCUT2D eigenvalue weighted by Gasteiger charge is 2.29. The molecule has 0 aromatic rings. The van der Waals surface area contributed by atoms with E-state index in [1.165, 1.54) is 0 Å². The van der Waals surface area contributed by atoms with E-state index in [0.717, 1.165) is 14.2 Å². The third-order valence-electron chi connectivity index (χ3n) is 2.18. The summed E-state index contributed by atoms with van der Waals surface area (Å²) in [5.41, 5.74) is 5.30. The minimum absolute atomic E-state index is 0.383. The van der Waals surface area contributed by atoms with Gasteiger partial charge in [0.15, 0.2) is 5.92 Å². The summed E-state index contributed by atoms with van der Waals surface area (Å²) < 4.78 is 8.75. The van der Waals surface area contributed by atoms with Crippen molar-refractivity contribution in [2.75, 3.05) is 20.8 Å². The molecule has 1 atom stereocenters. The minimum Gasteiger partial charge on any atom is -0.481 e. The standard InChI is InChI=1S/C10H16N2O7/c1-18-9(16)5(10(17)19-2)4-12-8(15)6(11)3-7(13)14/h5-6H,3-4,11H2,1-2H3,(H,12,15)(H,13,14)/t6-/m1/s1. The Kier molecular flexibility index (Phi) is 7.12. The van der Waals surface area contributed by atoms with E-state index < -0.39 is 42.2 Å². The number of esters is 2. The number of rotatable bonds is 7. The van der Waals surface area contributed by atoms with Crippen molar-refractivity contribution in [3.8, 4) is 0 Å². The summed E-state index contributed by atoms with van der Waals surface area (Å²) in [6.45, 7) is -0.383. The summed E-state index contributed by atoms with van der Waals surface area (Å²) in [6, 6.07) is -1.27. The molecule has 0 bridgehead atoms. The van der Waals surface area contributed by atoms with Crippen molar-refractivity contribution >= 4 is 23.8 Å². The normalized spacial score (nSPS) is 11.6. The molecule has 0 saturated carbocycles. The van der Waals surface area contributed by atoms with Crippen molar-refractivity contribution in [2.45, 2.75) is 12.5 Å². The lowest BCUT2D eigenvalue weighted by Gasteiger charge is -2.15. The van der Waals surface area contributed by atoms with Gasteiger partial charge in [-0.15, -0.1) is 0 Å². The zero-order valence-electron chi connectivity index (χ0n) is 10.5. The van der Waals surface area contributed by atoms with Crippen LogP contribution in [0.5, 0.6) is 0 Å². The molecule has 0 aliphatic rings. The lowest BCUT2D eigenvalue weighted by Crippen LogP contribution is -2.46. The number of hydrogen-bond acceptors (Lipinski definition) is 7. The highest BCUT2D eigenvalue weighted by molar-refractivity contribution is 5.96. The number of nitrogens with two attached hydrogens (primary N) is 1. The first-order valence-corrected chi connectivity index (χ1v) is 5.24. The van der Waals surface area contributed by atoms with Crippen LogP contribution in [-0.4, -0.2) is 55.7 Å². The number of carboxylic acid groups (broad SMARTS) is 1. The van der Waals surface area contributed by atoms with Crippen LogP contribution in [0, 0.1) is 5.92 Å². The van der Waals surface area contributed by atoms with Gasteiger partial charge < -0.3 is 25.6 Å². The van der Waals surface area contributed by atoms with E-state index in [2.05, 4.69) is 14.8 Å². The lowest BCUT2D eigenvalue weighted by atomic mass is 10.1. The molecule has 0 fully saturated rings.